The third-order valence-corrected chi connectivity index (χ3v) is 2.35. The fourth-order valence-corrected chi connectivity index (χ4v) is 1.66. The Hall–Kier alpha value is -0.760. The quantitative estimate of drug-likeness (QED) is 0.588. The van der Waals surface area contributed by atoms with Gasteiger partial charge < -0.3 is 10.1 Å². The van der Waals surface area contributed by atoms with Crippen molar-refractivity contribution in [2.24, 2.45) is 0 Å². The van der Waals surface area contributed by atoms with Gasteiger partial charge in [0, 0.05) is 6.42 Å². The molecule has 1 fully saturated rings. The average molecular weight is 165 g/mol. The van der Waals surface area contributed by atoms with Crippen LogP contribution in [0.2, 0.25) is 0 Å². The van der Waals surface area contributed by atoms with Crippen molar-refractivity contribution >= 4 is 0 Å². The minimum Gasteiger partial charge on any atom is -0.496 e. The van der Waals surface area contributed by atoms with E-state index in [0.717, 1.165) is 25.3 Å². The Morgan fingerprint density at radius 3 is 3.50 bits per heavy atom. The van der Waals surface area contributed by atoms with Gasteiger partial charge in [0.05, 0.1) is 12.6 Å². The van der Waals surface area contributed by atoms with Crippen LogP contribution in [0.25, 0.3) is 0 Å². The smallest absolute Gasteiger partial charge is 0.113 e. The van der Waals surface area contributed by atoms with Gasteiger partial charge in [0.1, 0.15) is 5.76 Å². The van der Waals surface area contributed by atoms with Crippen molar-refractivity contribution in [3.8, 4) is 0 Å². The lowest BCUT2D eigenvalue weighted by Crippen LogP contribution is -2.28. The molecule has 0 aromatic rings. The van der Waals surface area contributed by atoms with Crippen LogP contribution in [-0.4, -0.2) is 19.2 Å². The molecule has 1 saturated heterocycles. The van der Waals surface area contributed by atoms with Crippen LogP contribution in [0.1, 0.15) is 19.3 Å². The van der Waals surface area contributed by atoms with Crippen LogP contribution in [0.4, 0.5) is 0 Å². The highest BCUT2D eigenvalue weighted by atomic mass is 16.5. The van der Waals surface area contributed by atoms with Gasteiger partial charge in [0.2, 0.25) is 0 Å². The van der Waals surface area contributed by atoms with Crippen LogP contribution in [0.5, 0.6) is 0 Å². The molecule has 2 heterocycles. The van der Waals surface area contributed by atoms with E-state index in [1.165, 1.54) is 12.8 Å². The van der Waals surface area contributed by atoms with Crippen molar-refractivity contribution < 1.29 is 4.74 Å². The summed E-state index contributed by atoms with van der Waals surface area (Å²) in [6, 6.07) is 0.479. The summed E-state index contributed by atoms with van der Waals surface area (Å²) in [6.07, 6.45) is 9.94. The minimum atomic E-state index is 0.479. The summed E-state index contributed by atoms with van der Waals surface area (Å²) in [6.45, 7) is 1.98. The first-order valence-electron chi connectivity index (χ1n) is 4.70. The van der Waals surface area contributed by atoms with E-state index in [1.54, 1.807) is 0 Å². The Balaban J connectivity index is 2.08. The molecule has 2 nitrogen and oxygen atoms in total. The molecular formula is C10H15NO. The maximum atomic E-state index is 5.50. The second kappa shape index (κ2) is 3.76. The molecule has 2 heteroatoms. The lowest BCUT2D eigenvalue weighted by atomic mass is 10.2. The molecule has 0 aliphatic carbocycles. The molecule has 1 N–H and O–H groups in total. The second-order valence-electron chi connectivity index (χ2n) is 3.28. The topological polar surface area (TPSA) is 21.3 Å². The molecule has 0 aromatic carbocycles. The maximum Gasteiger partial charge on any atom is 0.113 e. The van der Waals surface area contributed by atoms with E-state index >= 15 is 0 Å². The number of nitrogens with one attached hydrogen (secondary N) is 1. The van der Waals surface area contributed by atoms with Gasteiger partial charge in [-0.15, -0.1) is 0 Å². The van der Waals surface area contributed by atoms with E-state index in [9.17, 15) is 0 Å². The average Bonchev–Trinajstić information content (AvgIpc) is 2.50. The van der Waals surface area contributed by atoms with Gasteiger partial charge in [-0.05, 0) is 25.5 Å². The zero-order chi connectivity index (χ0) is 8.23. The Morgan fingerprint density at radius 1 is 1.50 bits per heavy atom. The zero-order valence-corrected chi connectivity index (χ0v) is 7.25. The van der Waals surface area contributed by atoms with E-state index in [-0.39, 0.29) is 0 Å². The van der Waals surface area contributed by atoms with E-state index in [2.05, 4.69) is 23.5 Å². The highest BCUT2D eigenvalue weighted by Crippen LogP contribution is 2.18. The van der Waals surface area contributed by atoms with Gasteiger partial charge in [0.15, 0.2) is 0 Å². The van der Waals surface area contributed by atoms with Gasteiger partial charge >= 0.3 is 0 Å². The molecular weight excluding hydrogens is 150 g/mol. The van der Waals surface area contributed by atoms with E-state index in [4.69, 9.17) is 4.74 Å². The SMILES string of the molecule is C1=C\CCCNC2CCO/C2=C/1. The van der Waals surface area contributed by atoms with Crippen molar-refractivity contribution in [1.29, 1.82) is 0 Å². The second-order valence-corrected chi connectivity index (χ2v) is 3.28. The van der Waals surface area contributed by atoms with Gasteiger partial charge in [-0.3, -0.25) is 0 Å². The van der Waals surface area contributed by atoms with Gasteiger partial charge in [-0.2, -0.15) is 0 Å². The predicted octanol–water partition coefficient (Wildman–Crippen LogP) is 1.60. The number of hydrogen-bond donors (Lipinski definition) is 1. The molecule has 0 radical (unpaired) electrons. The van der Waals surface area contributed by atoms with E-state index < -0.39 is 0 Å². The Bertz CT molecular complexity index is 208. The number of ether oxygens (including phenoxy) is 1. The van der Waals surface area contributed by atoms with Crippen molar-refractivity contribution in [3.63, 3.8) is 0 Å². The Kier molecular flexibility index (Phi) is 2.47. The molecule has 0 saturated carbocycles. The van der Waals surface area contributed by atoms with Gasteiger partial charge in [-0.1, -0.05) is 12.2 Å². The summed E-state index contributed by atoms with van der Waals surface area (Å²) < 4.78 is 5.50. The molecule has 12 heavy (non-hydrogen) atoms. The van der Waals surface area contributed by atoms with E-state index in [0.29, 0.717) is 6.04 Å². The first-order valence-corrected chi connectivity index (χ1v) is 4.70. The summed E-state index contributed by atoms with van der Waals surface area (Å²) in [7, 11) is 0. The third kappa shape index (κ3) is 1.69. The maximum absolute atomic E-state index is 5.50. The largest absolute Gasteiger partial charge is 0.496 e. The summed E-state index contributed by atoms with van der Waals surface area (Å²) in [5.41, 5.74) is 0. The predicted molar refractivity (Wildman–Crippen MR) is 48.8 cm³/mol. The summed E-state index contributed by atoms with van der Waals surface area (Å²) >= 11 is 0. The summed E-state index contributed by atoms with van der Waals surface area (Å²) in [5, 5.41) is 3.49. The molecule has 0 spiro atoms. The highest BCUT2D eigenvalue weighted by molar-refractivity contribution is 5.15. The minimum absolute atomic E-state index is 0.479. The number of rotatable bonds is 0. The van der Waals surface area contributed by atoms with Crippen molar-refractivity contribution in [1.82, 2.24) is 5.32 Å². The molecule has 2 rings (SSSR count). The van der Waals surface area contributed by atoms with Crippen LogP contribution in [0.3, 0.4) is 0 Å². The van der Waals surface area contributed by atoms with Gasteiger partial charge in [0.25, 0.3) is 0 Å². The van der Waals surface area contributed by atoms with Gasteiger partial charge in [-0.25, -0.2) is 0 Å². The van der Waals surface area contributed by atoms with Crippen LogP contribution in [-0.2, 0) is 4.74 Å². The fraction of sp³-hybridized carbons (Fsp3) is 0.600. The molecule has 1 unspecified atom stereocenters. The normalized spacial score (nSPS) is 36.3. The standard InChI is InChI=1S/C10H15NO/c1-2-4-7-11-9-6-8-12-10(9)5-3-1/h1,3,5,9,11H,2,4,6-8H2/b3-1-,10-5+. The molecule has 0 bridgehead atoms. The number of hydrogen-bond acceptors (Lipinski definition) is 2. The Labute approximate surface area is 73.3 Å². The monoisotopic (exact) mass is 165 g/mol. The fourth-order valence-electron chi connectivity index (χ4n) is 1.66. The first-order chi connectivity index (χ1) is 5.97. The van der Waals surface area contributed by atoms with E-state index in [1.807, 2.05) is 0 Å². The third-order valence-electron chi connectivity index (χ3n) is 2.35. The van der Waals surface area contributed by atoms with Crippen LogP contribution >= 0.6 is 0 Å². The molecule has 1 atom stereocenters. The summed E-state index contributed by atoms with van der Waals surface area (Å²) in [4.78, 5) is 0. The molecule has 66 valence electrons. The molecule has 0 amide bonds. The molecule has 2 aliphatic rings. The Morgan fingerprint density at radius 2 is 2.50 bits per heavy atom. The lowest BCUT2D eigenvalue weighted by Gasteiger charge is -2.10. The zero-order valence-electron chi connectivity index (χ0n) is 7.25. The molecule has 0 aromatic heterocycles. The number of fused-ring (bicyclic) bond motifs is 1. The lowest BCUT2D eigenvalue weighted by molar-refractivity contribution is 0.260. The first kappa shape index (κ1) is 7.87. The highest BCUT2D eigenvalue weighted by Gasteiger charge is 2.21. The summed E-state index contributed by atoms with van der Waals surface area (Å²) in [5.74, 6) is 1.12. The molecule has 2 aliphatic heterocycles. The van der Waals surface area contributed by atoms with Crippen LogP contribution < -0.4 is 5.32 Å². The van der Waals surface area contributed by atoms with Crippen LogP contribution in [0, 0.1) is 0 Å². The van der Waals surface area contributed by atoms with Crippen LogP contribution in [0.15, 0.2) is 24.0 Å². The van der Waals surface area contributed by atoms with Crippen molar-refractivity contribution in [2.75, 3.05) is 13.2 Å². The number of allylic oxidation sites excluding steroid dienone is 3. The van der Waals surface area contributed by atoms with Crippen molar-refractivity contribution in [2.45, 2.75) is 25.3 Å². The van der Waals surface area contributed by atoms with Crippen molar-refractivity contribution in [3.05, 3.63) is 24.0 Å².